The molecule has 7 nitrogen and oxygen atoms in total. The van der Waals surface area contributed by atoms with Crippen LogP contribution in [0.5, 0.6) is 0 Å². The number of primary amides is 1. The Labute approximate surface area is 186 Å². The highest BCUT2D eigenvalue weighted by Gasteiger charge is 2.31. The number of carbonyl (C=O) groups is 2. The number of aromatic nitrogens is 3. The molecule has 0 saturated carbocycles. The molecule has 3 amide bonds. The molecule has 30 heavy (non-hydrogen) atoms. The Morgan fingerprint density at radius 1 is 1.33 bits per heavy atom. The normalized spacial score (nSPS) is 17.6. The van der Waals surface area contributed by atoms with Gasteiger partial charge >= 0.3 is 6.03 Å². The summed E-state index contributed by atoms with van der Waals surface area (Å²) in [6.45, 7) is 10.8. The van der Waals surface area contributed by atoms with Crippen molar-refractivity contribution in [1.82, 2.24) is 20.1 Å². The zero-order valence-corrected chi connectivity index (χ0v) is 20.1. The second kappa shape index (κ2) is 8.70. The first-order valence-electron chi connectivity index (χ1n) is 10.3. The summed E-state index contributed by atoms with van der Waals surface area (Å²) in [7, 11) is 1.91. The molecule has 3 N–H and O–H groups in total. The molecule has 1 aliphatic rings. The Morgan fingerprint density at radius 3 is 2.63 bits per heavy atom. The molecule has 164 valence electrons. The van der Waals surface area contributed by atoms with Gasteiger partial charge in [-0.15, -0.1) is 21.5 Å². The lowest BCUT2D eigenvalue weighted by Crippen LogP contribution is -2.42. The molecule has 0 aliphatic heterocycles. The molecule has 2 heterocycles. The van der Waals surface area contributed by atoms with Crippen LogP contribution in [0, 0.1) is 17.3 Å². The van der Waals surface area contributed by atoms with Gasteiger partial charge in [-0.1, -0.05) is 46.4 Å². The third-order valence-corrected chi connectivity index (χ3v) is 8.52. The smallest absolute Gasteiger partial charge is 0.318 e. The van der Waals surface area contributed by atoms with Crippen molar-refractivity contribution in [1.29, 1.82) is 0 Å². The first kappa shape index (κ1) is 22.8. The van der Waals surface area contributed by atoms with Crippen molar-refractivity contribution in [2.75, 3.05) is 0 Å². The molecule has 0 unspecified atom stereocenters. The van der Waals surface area contributed by atoms with Crippen molar-refractivity contribution in [3.05, 3.63) is 16.5 Å². The van der Waals surface area contributed by atoms with Crippen LogP contribution in [0.1, 0.15) is 51.5 Å². The van der Waals surface area contributed by atoms with Crippen LogP contribution in [0.15, 0.2) is 11.2 Å². The number of carbonyl (C=O) groups excluding carboxylic acids is 2. The fraction of sp³-hybridized carbons (Fsp3) is 0.619. The Kier molecular flexibility index (Phi) is 6.62. The quantitative estimate of drug-likeness (QED) is 0.672. The first-order chi connectivity index (χ1) is 14.0. The number of amides is 3. The maximum absolute atomic E-state index is 12.3. The monoisotopic (exact) mass is 449 g/mol. The lowest BCUT2D eigenvalue weighted by Gasteiger charge is -2.33. The predicted octanol–water partition coefficient (Wildman–Crippen LogP) is 4.01. The summed E-state index contributed by atoms with van der Waals surface area (Å²) in [5.74, 6) is 1.08. The SMILES string of the molecule is CC(C)[C@H](Sc1nnc(-c2cc3c(s2)CC[C@@H](C(C)(C)C)C3)n1C)C(=O)NC(N)=O. The highest BCUT2D eigenvalue weighted by molar-refractivity contribution is 8.00. The predicted molar refractivity (Wildman–Crippen MR) is 121 cm³/mol. The van der Waals surface area contributed by atoms with Crippen LogP contribution in [0.3, 0.4) is 0 Å². The van der Waals surface area contributed by atoms with Gasteiger partial charge in [0.05, 0.1) is 10.1 Å². The number of nitrogens with zero attached hydrogens (tertiary/aromatic N) is 3. The summed E-state index contributed by atoms with van der Waals surface area (Å²) in [6.07, 6.45) is 3.45. The van der Waals surface area contributed by atoms with Gasteiger partial charge in [0.15, 0.2) is 11.0 Å². The van der Waals surface area contributed by atoms with Crippen LogP contribution < -0.4 is 11.1 Å². The van der Waals surface area contributed by atoms with Gasteiger partial charge in [-0.25, -0.2) is 4.79 Å². The fourth-order valence-electron chi connectivity index (χ4n) is 3.80. The Balaban J connectivity index is 1.82. The fourth-order valence-corrected chi connectivity index (χ4v) is 6.03. The second-order valence-electron chi connectivity index (χ2n) is 9.37. The van der Waals surface area contributed by atoms with Crippen molar-refractivity contribution in [2.24, 2.45) is 30.0 Å². The summed E-state index contributed by atoms with van der Waals surface area (Å²) in [5.41, 5.74) is 6.85. The molecule has 1 aliphatic carbocycles. The van der Waals surface area contributed by atoms with Gasteiger partial charge in [0.2, 0.25) is 5.91 Å². The van der Waals surface area contributed by atoms with Gasteiger partial charge < -0.3 is 10.3 Å². The van der Waals surface area contributed by atoms with Crippen molar-refractivity contribution in [3.8, 4) is 10.7 Å². The molecule has 0 spiro atoms. The summed E-state index contributed by atoms with van der Waals surface area (Å²) >= 11 is 3.10. The lowest BCUT2D eigenvalue weighted by atomic mass is 9.72. The van der Waals surface area contributed by atoms with Crippen LogP contribution in [-0.4, -0.2) is 32.0 Å². The van der Waals surface area contributed by atoms with E-state index in [0.717, 1.165) is 23.5 Å². The highest BCUT2D eigenvalue weighted by Crippen LogP contribution is 2.42. The minimum Gasteiger partial charge on any atom is -0.351 e. The Morgan fingerprint density at radius 2 is 2.03 bits per heavy atom. The minimum absolute atomic E-state index is 0.00196. The second-order valence-corrected chi connectivity index (χ2v) is 11.6. The zero-order valence-electron chi connectivity index (χ0n) is 18.5. The summed E-state index contributed by atoms with van der Waals surface area (Å²) in [4.78, 5) is 26.0. The van der Waals surface area contributed by atoms with Gasteiger partial charge in [0.1, 0.15) is 0 Å². The summed E-state index contributed by atoms with van der Waals surface area (Å²) in [5, 5.41) is 11.1. The summed E-state index contributed by atoms with van der Waals surface area (Å²) < 4.78 is 1.93. The lowest BCUT2D eigenvalue weighted by molar-refractivity contribution is -0.120. The number of thiophene rings is 1. The van der Waals surface area contributed by atoms with Crippen molar-refractivity contribution in [2.45, 2.75) is 64.3 Å². The molecule has 0 fully saturated rings. The first-order valence-corrected chi connectivity index (χ1v) is 11.9. The van der Waals surface area contributed by atoms with Gasteiger partial charge in [0, 0.05) is 11.9 Å². The van der Waals surface area contributed by atoms with Crippen molar-refractivity contribution < 1.29 is 9.59 Å². The van der Waals surface area contributed by atoms with E-state index in [-0.39, 0.29) is 5.92 Å². The van der Waals surface area contributed by atoms with E-state index >= 15 is 0 Å². The van der Waals surface area contributed by atoms with Gasteiger partial charge in [-0.05, 0) is 48.1 Å². The van der Waals surface area contributed by atoms with Crippen molar-refractivity contribution in [3.63, 3.8) is 0 Å². The average Bonchev–Trinajstić information content (AvgIpc) is 3.20. The molecular weight excluding hydrogens is 418 g/mol. The van der Waals surface area contributed by atoms with E-state index < -0.39 is 17.2 Å². The van der Waals surface area contributed by atoms with Crippen LogP contribution in [0.25, 0.3) is 10.7 Å². The Bertz CT molecular complexity index is 942. The Hall–Kier alpha value is -1.87. The molecule has 0 bridgehead atoms. The molecule has 0 saturated heterocycles. The number of aryl methyl sites for hydroxylation is 1. The number of imide groups is 1. The van der Waals surface area contributed by atoms with Crippen LogP contribution in [-0.2, 0) is 24.7 Å². The number of nitrogens with one attached hydrogen (secondary N) is 1. The third-order valence-electron chi connectivity index (χ3n) is 5.71. The van der Waals surface area contributed by atoms with Gasteiger partial charge in [-0.3, -0.25) is 10.1 Å². The van der Waals surface area contributed by atoms with Crippen LogP contribution in [0.2, 0.25) is 0 Å². The van der Waals surface area contributed by atoms with E-state index in [0.29, 0.717) is 16.5 Å². The molecule has 2 aromatic heterocycles. The molecule has 9 heteroatoms. The standard InChI is InChI=1S/C21H31N5O2S2/c1-11(2)16(18(27)23-19(22)28)30-20-25-24-17(26(20)6)15-10-12-9-13(21(3,4)5)7-8-14(12)29-15/h10-11,13,16H,7-9H2,1-6H3,(H3,22,23,27,28)/t13-,16+/m1/s1. The molecule has 2 atom stereocenters. The molecule has 0 aromatic carbocycles. The molecule has 2 aromatic rings. The van der Waals surface area contributed by atoms with E-state index in [1.165, 1.54) is 28.6 Å². The van der Waals surface area contributed by atoms with E-state index in [1.54, 1.807) is 11.3 Å². The maximum Gasteiger partial charge on any atom is 0.318 e. The minimum atomic E-state index is -0.845. The van der Waals surface area contributed by atoms with Gasteiger partial charge in [-0.2, -0.15) is 0 Å². The number of thioether (sulfide) groups is 1. The number of nitrogens with two attached hydrogens (primary N) is 1. The zero-order chi connectivity index (χ0) is 22.2. The van der Waals surface area contributed by atoms with E-state index in [1.807, 2.05) is 25.5 Å². The molecular formula is C21H31N5O2S2. The third kappa shape index (κ3) is 4.88. The average molecular weight is 450 g/mol. The maximum atomic E-state index is 12.3. The van der Waals surface area contributed by atoms with Crippen LogP contribution in [0.4, 0.5) is 4.79 Å². The number of fused-ring (bicyclic) bond motifs is 1. The van der Waals surface area contributed by atoms with Gasteiger partial charge in [0.25, 0.3) is 0 Å². The van der Waals surface area contributed by atoms with E-state index in [4.69, 9.17) is 5.73 Å². The van der Waals surface area contributed by atoms with Crippen molar-refractivity contribution >= 4 is 35.0 Å². The number of hydrogen-bond acceptors (Lipinski definition) is 6. The van der Waals surface area contributed by atoms with E-state index in [2.05, 4.69) is 42.4 Å². The topological polar surface area (TPSA) is 103 Å². The number of hydrogen-bond donors (Lipinski definition) is 2. The molecule has 3 rings (SSSR count). The van der Waals surface area contributed by atoms with Crippen LogP contribution >= 0.6 is 23.1 Å². The van der Waals surface area contributed by atoms with E-state index in [9.17, 15) is 9.59 Å². The molecule has 0 radical (unpaired) electrons. The number of rotatable bonds is 5. The number of urea groups is 1. The largest absolute Gasteiger partial charge is 0.351 e. The highest BCUT2D eigenvalue weighted by atomic mass is 32.2. The summed E-state index contributed by atoms with van der Waals surface area (Å²) in [6, 6.07) is 1.42.